The van der Waals surface area contributed by atoms with Gasteiger partial charge in [-0.05, 0) is 29.7 Å². The maximum Gasteiger partial charge on any atom is 0.306 e. The summed E-state index contributed by atoms with van der Waals surface area (Å²) in [5.41, 5.74) is 1.96. The number of methoxy groups -OCH3 is 2. The normalized spacial score (nSPS) is 12.2. The van der Waals surface area contributed by atoms with Crippen molar-refractivity contribution in [3.05, 3.63) is 29.3 Å². The number of hydrogen-bond acceptors (Lipinski definition) is 3. The third kappa shape index (κ3) is 3.75. The minimum absolute atomic E-state index is 0.404. The Bertz CT molecular complexity index is 387. The van der Waals surface area contributed by atoms with Crippen LogP contribution < -0.4 is 4.74 Å². The van der Waals surface area contributed by atoms with E-state index >= 15 is 0 Å². The Kier molecular flexibility index (Phi) is 4.97. The van der Waals surface area contributed by atoms with Crippen molar-refractivity contribution < 1.29 is 19.4 Å². The molecule has 0 aliphatic carbocycles. The van der Waals surface area contributed by atoms with Crippen LogP contribution in [0.25, 0.3) is 0 Å². The van der Waals surface area contributed by atoms with E-state index in [1.54, 1.807) is 21.1 Å². The van der Waals surface area contributed by atoms with Gasteiger partial charge >= 0.3 is 5.97 Å². The summed E-state index contributed by atoms with van der Waals surface area (Å²) in [6.07, 6.45) is 0.498. The van der Waals surface area contributed by atoms with E-state index in [2.05, 4.69) is 0 Å². The van der Waals surface area contributed by atoms with Gasteiger partial charge in [0.05, 0.1) is 19.6 Å². The van der Waals surface area contributed by atoms with Crippen molar-refractivity contribution in [2.24, 2.45) is 5.92 Å². The smallest absolute Gasteiger partial charge is 0.306 e. The fraction of sp³-hybridized carbons (Fsp3) is 0.462. The highest BCUT2D eigenvalue weighted by molar-refractivity contribution is 5.70. The third-order valence-electron chi connectivity index (χ3n) is 2.66. The van der Waals surface area contributed by atoms with Crippen LogP contribution in [0.5, 0.6) is 5.75 Å². The summed E-state index contributed by atoms with van der Waals surface area (Å²) in [7, 11) is 3.22. The number of hydrogen-bond donors (Lipinski definition) is 1. The number of rotatable bonds is 6. The molecular weight excluding hydrogens is 220 g/mol. The van der Waals surface area contributed by atoms with Gasteiger partial charge in [0.1, 0.15) is 5.75 Å². The second-order valence-electron chi connectivity index (χ2n) is 4.01. The van der Waals surface area contributed by atoms with Crippen LogP contribution in [0.15, 0.2) is 18.2 Å². The van der Waals surface area contributed by atoms with E-state index < -0.39 is 11.9 Å². The Morgan fingerprint density at radius 1 is 1.35 bits per heavy atom. The van der Waals surface area contributed by atoms with Crippen molar-refractivity contribution in [3.63, 3.8) is 0 Å². The van der Waals surface area contributed by atoms with Crippen LogP contribution in [0, 0.1) is 5.92 Å². The molecule has 0 saturated carbocycles. The Morgan fingerprint density at radius 3 is 2.59 bits per heavy atom. The second-order valence-corrected chi connectivity index (χ2v) is 4.01. The van der Waals surface area contributed by atoms with E-state index in [0.29, 0.717) is 13.0 Å². The maximum absolute atomic E-state index is 10.8. The second kappa shape index (κ2) is 6.25. The zero-order chi connectivity index (χ0) is 12.8. The van der Waals surface area contributed by atoms with Crippen LogP contribution in [0.1, 0.15) is 18.1 Å². The Labute approximate surface area is 101 Å². The van der Waals surface area contributed by atoms with Gasteiger partial charge in [0.25, 0.3) is 0 Å². The van der Waals surface area contributed by atoms with Crippen LogP contribution in [0.4, 0.5) is 0 Å². The molecule has 0 radical (unpaired) electrons. The highest BCUT2D eigenvalue weighted by atomic mass is 16.5. The molecule has 94 valence electrons. The zero-order valence-electron chi connectivity index (χ0n) is 10.4. The van der Waals surface area contributed by atoms with Gasteiger partial charge in [-0.3, -0.25) is 4.79 Å². The lowest BCUT2D eigenvalue weighted by Crippen LogP contribution is -2.13. The Hall–Kier alpha value is -1.55. The van der Waals surface area contributed by atoms with E-state index in [1.807, 2.05) is 18.2 Å². The molecule has 0 bridgehead atoms. The van der Waals surface area contributed by atoms with E-state index in [1.165, 1.54) is 0 Å². The van der Waals surface area contributed by atoms with Crippen molar-refractivity contribution in [2.45, 2.75) is 20.0 Å². The van der Waals surface area contributed by atoms with Crippen LogP contribution in [0.2, 0.25) is 0 Å². The van der Waals surface area contributed by atoms with E-state index in [0.717, 1.165) is 16.9 Å². The van der Waals surface area contributed by atoms with Crippen LogP contribution in [0.3, 0.4) is 0 Å². The fourth-order valence-corrected chi connectivity index (χ4v) is 1.64. The molecule has 0 heterocycles. The quantitative estimate of drug-likeness (QED) is 0.824. The van der Waals surface area contributed by atoms with E-state index in [4.69, 9.17) is 14.6 Å². The largest absolute Gasteiger partial charge is 0.497 e. The third-order valence-corrected chi connectivity index (χ3v) is 2.66. The molecule has 1 rings (SSSR count). The first-order valence-corrected chi connectivity index (χ1v) is 5.46. The molecule has 1 aromatic rings. The summed E-state index contributed by atoms with van der Waals surface area (Å²) >= 11 is 0. The Balaban J connectivity index is 2.93. The van der Waals surface area contributed by atoms with Crippen LogP contribution in [-0.4, -0.2) is 25.3 Å². The lowest BCUT2D eigenvalue weighted by molar-refractivity contribution is -0.141. The van der Waals surface area contributed by atoms with Gasteiger partial charge < -0.3 is 14.6 Å². The van der Waals surface area contributed by atoms with Crippen molar-refractivity contribution in [3.8, 4) is 5.75 Å². The van der Waals surface area contributed by atoms with Crippen molar-refractivity contribution >= 4 is 5.97 Å². The Morgan fingerprint density at radius 2 is 2.06 bits per heavy atom. The molecule has 0 saturated heterocycles. The van der Waals surface area contributed by atoms with Gasteiger partial charge in [-0.2, -0.15) is 0 Å². The van der Waals surface area contributed by atoms with Crippen molar-refractivity contribution in [1.29, 1.82) is 0 Å². The molecule has 1 aromatic carbocycles. The first-order chi connectivity index (χ1) is 8.08. The summed E-state index contributed by atoms with van der Waals surface area (Å²) in [4.78, 5) is 10.8. The standard InChI is InChI=1S/C13H18O4/c1-9(13(14)15)6-10-4-5-12(17-3)7-11(10)8-16-2/h4-5,7,9H,6,8H2,1-3H3,(H,14,15). The molecule has 17 heavy (non-hydrogen) atoms. The van der Waals surface area contributed by atoms with Gasteiger partial charge in [-0.1, -0.05) is 13.0 Å². The molecule has 4 nitrogen and oxygen atoms in total. The SMILES string of the molecule is COCc1cc(OC)ccc1CC(C)C(=O)O. The maximum atomic E-state index is 10.8. The molecular formula is C13H18O4. The van der Waals surface area contributed by atoms with Crippen LogP contribution in [-0.2, 0) is 22.6 Å². The molecule has 4 heteroatoms. The first kappa shape index (κ1) is 13.5. The highest BCUT2D eigenvalue weighted by Gasteiger charge is 2.14. The molecule has 1 N–H and O–H groups in total. The molecule has 0 amide bonds. The molecule has 0 aromatic heterocycles. The predicted molar refractivity (Wildman–Crippen MR) is 64.2 cm³/mol. The highest BCUT2D eigenvalue weighted by Crippen LogP contribution is 2.21. The summed E-state index contributed by atoms with van der Waals surface area (Å²) in [6.45, 7) is 2.15. The summed E-state index contributed by atoms with van der Waals surface area (Å²) in [5, 5.41) is 8.91. The number of aliphatic carboxylic acids is 1. The number of carboxylic acids is 1. The minimum atomic E-state index is -0.788. The monoisotopic (exact) mass is 238 g/mol. The summed E-state index contributed by atoms with van der Waals surface area (Å²) < 4.78 is 10.2. The van der Waals surface area contributed by atoms with Crippen molar-refractivity contribution in [1.82, 2.24) is 0 Å². The van der Waals surface area contributed by atoms with Gasteiger partial charge in [0.15, 0.2) is 0 Å². The van der Waals surface area contributed by atoms with Gasteiger partial charge in [0, 0.05) is 7.11 Å². The molecule has 0 spiro atoms. The number of benzene rings is 1. The molecule has 0 aliphatic rings. The molecule has 0 aliphatic heterocycles. The van der Waals surface area contributed by atoms with Crippen LogP contribution >= 0.6 is 0 Å². The minimum Gasteiger partial charge on any atom is -0.497 e. The zero-order valence-corrected chi connectivity index (χ0v) is 10.4. The lowest BCUT2D eigenvalue weighted by Gasteiger charge is -2.13. The molecule has 0 fully saturated rings. The molecule has 1 atom stereocenters. The summed E-state index contributed by atoms with van der Waals surface area (Å²) in [5.74, 6) is -0.438. The topological polar surface area (TPSA) is 55.8 Å². The number of ether oxygens (including phenoxy) is 2. The lowest BCUT2D eigenvalue weighted by atomic mass is 9.97. The number of carboxylic acid groups (broad SMARTS) is 1. The average Bonchev–Trinajstić information content (AvgIpc) is 2.31. The average molecular weight is 238 g/mol. The van der Waals surface area contributed by atoms with Crippen molar-refractivity contribution in [2.75, 3.05) is 14.2 Å². The van der Waals surface area contributed by atoms with E-state index in [9.17, 15) is 4.79 Å². The van der Waals surface area contributed by atoms with Gasteiger partial charge in [-0.25, -0.2) is 0 Å². The first-order valence-electron chi connectivity index (χ1n) is 5.46. The number of carbonyl (C=O) groups is 1. The summed E-state index contributed by atoms with van der Waals surface area (Å²) in [6, 6.07) is 5.61. The fourth-order valence-electron chi connectivity index (χ4n) is 1.64. The molecule has 1 unspecified atom stereocenters. The van der Waals surface area contributed by atoms with Gasteiger partial charge in [0.2, 0.25) is 0 Å². The predicted octanol–water partition coefficient (Wildman–Crippen LogP) is 2.10. The van der Waals surface area contributed by atoms with Gasteiger partial charge in [-0.15, -0.1) is 0 Å². The van der Waals surface area contributed by atoms with E-state index in [-0.39, 0.29) is 0 Å².